The van der Waals surface area contributed by atoms with Gasteiger partial charge < -0.3 is 9.84 Å². The highest BCUT2D eigenvalue weighted by atomic mass is 16.6. The van der Waals surface area contributed by atoms with E-state index in [-0.39, 0.29) is 5.56 Å². The van der Waals surface area contributed by atoms with Crippen LogP contribution in [0.5, 0.6) is 0 Å². The lowest BCUT2D eigenvalue weighted by molar-refractivity contribution is -0.592. The molecule has 1 fully saturated rings. The number of hydrogen-bond acceptors (Lipinski definition) is 9. The molecule has 2 heterocycles. The molecule has 1 saturated heterocycles. The molecule has 1 atom stereocenters. The van der Waals surface area contributed by atoms with Crippen molar-refractivity contribution >= 4 is 0 Å². The first-order valence-electron chi connectivity index (χ1n) is 11.2. The Balaban J connectivity index is 1.64. The quantitative estimate of drug-likeness (QED) is 0.431. The third kappa shape index (κ3) is 4.81. The zero-order valence-electron chi connectivity index (χ0n) is 19.3. The molecule has 0 bridgehead atoms. The molecule has 1 aromatic rings. The molecule has 0 amide bonds. The molecule has 4 rings (SSSR count). The number of nitrogens with zero attached hydrogens (tertiary/aromatic N) is 4. The van der Waals surface area contributed by atoms with Crippen LogP contribution in [0.1, 0.15) is 31.4 Å². The molecule has 11 heteroatoms. The summed E-state index contributed by atoms with van der Waals surface area (Å²) in [5.41, 5.74) is 1.64. The monoisotopic (exact) mass is 471 g/mol. The van der Waals surface area contributed by atoms with Gasteiger partial charge in [-0.1, -0.05) is 24.3 Å². The first kappa shape index (κ1) is 23.9. The van der Waals surface area contributed by atoms with Gasteiger partial charge in [0.2, 0.25) is 0 Å². The van der Waals surface area contributed by atoms with E-state index in [4.69, 9.17) is 4.74 Å². The summed E-state index contributed by atoms with van der Waals surface area (Å²) in [4.78, 5) is 25.4. The van der Waals surface area contributed by atoms with Crippen LogP contribution < -0.4 is 5.43 Å². The van der Waals surface area contributed by atoms with E-state index in [1.807, 2.05) is 0 Å². The molecule has 182 valence electrons. The fourth-order valence-corrected chi connectivity index (χ4v) is 4.33. The lowest BCUT2D eigenvalue weighted by Gasteiger charge is -2.27. The Hall–Kier alpha value is -3.28. The number of ether oxygens (including phenoxy) is 1. The smallest absolute Gasteiger partial charge is 0.355 e. The summed E-state index contributed by atoms with van der Waals surface area (Å²) in [6.45, 7) is 7.44. The van der Waals surface area contributed by atoms with Crippen LogP contribution in [0.25, 0.3) is 0 Å². The highest BCUT2D eigenvalue weighted by Crippen LogP contribution is 2.42. The maximum atomic E-state index is 12.4. The van der Waals surface area contributed by atoms with E-state index >= 15 is 0 Å². The number of rotatable bonds is 8. The second kappa shape index (κ2) is 9.16. The Morgan fingerprint density at radius 2 is 1.85 bits per heavy atom. The molecular weight excluding hydrogens is 442 g/mol. The third-order valence-corrected chi connectivity index (χ3v) is 6.26. The first-order chi connectivity index (χ1) is 16.1. The van der Waals surface area contributed by atoms with E-state index in [9.17, 15) is 25.3 Å². The van der Waals surface area contributed by atoms with Crippen LogP contribution in [0.3, 0.4) is 0 Å². The van der Waals surface area contributed by atoms with Gasteiger partial charge in [0, 0.05) is 60.6 Å². The van der Waals surface area contributed by atoms with Crippen molar-refractivity contribution in [3.63, 3.8) is 0 Å². The SMILES string of the molecule is CC(C)(O)CCN1C=C2C=C([N+](=O)[O-])C(c3ccc(CN4CCOCC4)cc3)([N+](=O)[O-])C=C2N1. The average Bonchev–Trinajstić information content (AvgIpc) is 3.19. The summed E-state index contributed by atoms with van der Waals surface area (Å²) in [6, 6.07) is 6.77. The molecule has 1 aromatic carbocycles. The van der Waals surface area contributed by atoms with E-state index in [1.165, 1.54) is 12.2 Å². The van der Waals surface area contributed by atoms with E-state index in [1.54, 1.807) is 49.3 Å². The molecule has 34 heavy (non-hydrogen) atoms. The van der Waals surface area contributed by atoms with Gasteiger partial charge in [0.15, 0.2) is 0 Å². The van der Waals surface area contributed by atoms with Gasteiger partial charge in [-0.15, -0.1) is 0 Å². The number of fused-ring (bicyclic) bond motifs is 1. The predicted octanol–water partition coefficient (Wildman–Crippen LogP) is 1.91. The molecule has 1 aliphatic carbocycles. The van der Waals surface area contributed by atoms with Crippen molar-refractivity contribution in [1.82, 2.24) is 15.3 Å². The van der Waals surface area contributed by atoms with Crippen LogP contribution in [0, 0.1) is 20.2 Å². The van der Waals surface area contributed by atoms with E-state index in [0.29, 0.717) is 44.0 Å². The van der Waals surface area contributed by atoms with Gasteiger partial charge in [-0.25, -0.2) is 0 Å². The first-order valence-corrected chi connectivity index (χ1v) is 11.2. The van der Waals surface area contributed by atoms with Gasteiger partial charge in [-0.05, 0) is 25.8 Å². The van der Waals surface area contributed by atoms with Crippen molar-refractivity contribution < 1.29 is 19.7 Å². The van der Waals surface area contributed by atoms with Crippen molar-refractivity contribution in [2.75, 3.05) is 32.8 Å². The van der Waals surface area contributed by atoms with Crippen molar-refractivity contribution in [2.45, 2.75) is 38.0 Å². The van der Waals surface area contributed by atoms with Crippen LogP contribution in [0.15, 0.2) is 59.6 Å². The Morgan fingerprint density at radius 1 is 1.18 bits per heavy atom. The number of hydrazine groups is 1. The maximum absolute atomic E-state index is 12.4. The average molecular weight is 472 g/mol. The number of hydrogen-bond donors (Lipinski definition) is 2. The maximum Gasteiger partial charge on any atom is 0.355 e. The van der Waals surface area contributed by atoms with E-state index in [0.717, 1.165) is 18.7 Å². The Labute approximate surface area is 197 Å². The van der Waals surface area contributed by atoms with Gasteiger partial charge in [0.05, 0.1) is 29.4 Å². The summed E-state index contributed by atoms with van der Waals surface area (Å²) in [5.74, 6) is 0. The van der Waals surface area contributed by atoms with Gasteiger partial charge in [-0.2, -0.15) is 0 Å². The Bertz CT molecular complexity index is 1050. The fourth-order valence-electron chi connectivity index (χ4n) is 4.33. The predicted molar refractivity (Wildman–Crippen MR) is 123 cm³/mol. The molecule has 2 N–H and O–H groups in total. The van der Waals surface area contributed by atoms with Crippen molar-refractivity contribution in [2.24, 2.45) is 0 Å². The minimum absolute atomic E-state index is 0.217. The lowest BCUT2D eigenvalue weighted by atomic mass is 9.81. The Kier molecular flexibility index (Phi) is 6.43. The van der Waals surface area contributed by atoms with Gasteiger partial charge >= 0.3 is 11.2 Å². The summed E-state index contributed by atoms with van der Waals surface area (Å²) in [7, 11) is 0. The van der Waals surface area contributed by atoms with Gasteiger partial charge in [0.25, 0.3) is 0 Å². The highest BCUT2D eigenvalue weighted by Gasteiger charge is 2.57. The lowest BCUT2D eigenvalue weighted by Crippen LogP contribution is -2.42. The summed E-state index contributed by atoms with van der Waals surface area (Å²) in [5, 5.41) is 36.1. The number of aliphatic hydroxyl groups is 1. The van der Waals surface area contributed by atoms with Crippen molar-refractivity contribution in [3.05, 3.63) is 90.9 Å². The molecule has 2 aliphatic heterocycles. The van der Waals surface area contributed by atoms with Crippen LogP contribution >= 0.6 is 0 Å². The molecule has 0 spiro atoms. The minimum Gasteiger partial charge on any atom is -0.390 e. The summed E-state index contributed by atoms with van der Waals surface area (Å²) >= 11 is 0. The van der Waals surface area contributed by atoms with Crippen molar-refractivity contribution in [1.29, 1.82) is 0 Å². The number of benzene rings is 1. The van der Waals surface area contributed by atoms with Crippen molar-refractivity contribution in [3.8, 4) is 0 Å². The van der Waals surface area contributed by atoms with Crippen LogP contribution in [-0.2, 0) is 16.8 Å². The molecule has 0 aromatic heterocycles. The van der Waals surface area contributed by atoms with E-state index in [2.05, 4.69) is 10.3 Å². The largest absolute Gasteiger partial charge is 0.390 e. The second-order valence-electron chi connectivity index (χ2n) is 9.41. The van der Waals surface area contributed by atoms with Crippen LogP contribution in [0.2, 0.25) is 0 Å². The number of nitrogens with one attached hydrogen (secondary N) is 1. The second-order valence-corrected chi connectivity index (χ2v) is 9.41. The summed E-state index contributed by atoms with van der Waals surface area (Å²) in [6.07, 6.45) is 4.68. The molecule has 1 unspecified atom stereocenters. The number of allylic oxidation sites excluding steroid dienone is 1. The highest BCUT2D eigenvalue weighted by molar-refractivity contribution is 5.53. The molecule has 3 aliphatic rings. The molecular formula is C23H29N5O6. The number of morpholine rings is 1. The molecule has 11 nitrogen and oxygen atoms in total. The number of nitro groups is 2. The van der Waals surface area contributed by atoms with Crippen LogP contribution in [-0.4, -0.2) is 63.3 Å². The standard InChI is InChI=1S/C23H29N5O6/c1-22(2,29)7-8-26-16-18-13-21(27(30)31)23(28(32)33,14-20(18)24-26)19-5-3-17(4-6-19)15-25-9-11-34-12-10-25/h3-6,13-14,16,24,29H,7-12,15H2,1-2H3. The normalized spacial score (nSPS) is 22.9. The topological polar surface area (TPSA) is 134 Å². The van der Waals surface area contributed by atoms with E-state index < -0.39 is 26.7 Å². The van der Waals surface area contributed by atoms with Gasteiger partial charge in [0.1, 0.15) is 0 Å². The zero-order valence-corrected chi connectivity index (χ0v) is 19.3. The fraction of sp³-hybridized carbons (Fsp3) is 0.478. The summed E-state index contributed by atoms with van der Waals surface area (Å²) < 4.78 is 5.36. The molecule has 0 radical (unpaired) electrons. The minimum atomic E-state index is -2.13. The third-order valence-electron chi connectivity index (χ3n) is 6.26. The van der Waals surface area contributed by atoms with Gasteiger partial charge in [-0.3, -0.25) is 35.6 Å². The van der Waals surface area contributed by atoms with Crippen LogP contribution in [0.4, 0.5) is 0 Å². The molecule has 0 saturated carbocycles. The Morgan fingerprint density at radius 3 is 2.44 bits per heavy atom. The zero-order chi connectivity index (χ0) is 24.5.